The van der Waals surface area contributed by atoms with Crippen LogP contribution in [0.1, 0.15) is 38.5 Å². The highest BCUT2D eigenvalue weighted by Crippen LogP contribution is 2.34. The lowest BCUT2D eigenvalue weighted by atomic mass is 9.78. The van der Waals surface area contributed by atoms with Crippen LogP contribution in [-0.2, 0) is 0 Å². The Morgan fingerprint density at radius 3 is 2.42 bits per heavy atom. The fraction of sp³-hybridized carbons (Fsp3) is 1.00. The summed E-state index contributed by atoms with van der Waals surface area (Å²) in [5.74, 6) is 0.389. The third-order valence-electron chi connectivity index (χ3n) is 3.33. The summed E-state index contributed by atoms with van der Waals surface area (Å²) in [6, 6.07) is 0.184. The van der Waals surface area contributed by atoms with E-state index in [2.05, 4.69) is 5.32 Å². The van der Waals surface area contributed by atoms with Crippen molar-refractivity contribution in [1.82, 2.24) is 5.32 Å². The Morgan fingerprint density at radius 2 is 1.92 bits per heavy atom. The average Bonchev–Trinajstić information content (AvgIpc) is 2.03. The van der Waals surface area contributed by atoms with Gasteiger partial charge in [-0.05, 0) is 38.1 Å². The highest BCUT2D eigenvalue weighted by atomic mass is 19.1. The molecule has 2 unspecified atom stereocenters. The molecule has 0 aromatic carbocycles. The summed E-state index contributed by atoms with van der Waals surface area (Å²) in [7, 11) is 0. The van der Waals surface area contributed by atoms with Crippen LogP contribution in [0.15, 0.2) is 0 Å². The molecule has 2 rings (SSSR count). The van der Waals surface area contributed by atoms with Gasteiger partial charge in [-0.15, -0.1) is 0 Å². The first-order valence-electron chi connectivity index (χ1n) is 5.25. The molecule has 1 saturated carbocycles. The van der Waals surface area contributed by atoms with Gasteiger partial charge in [-0.1, -0.05) is 12.8 Å². The Kier molecular flexibility index (Phi) is 2.64. The fourth-order valence-corrected chi connectivity index (χ4v) is 2.24. The molecule has 1 saturated heterocycles. The average molecular weight is 171 g/mol. The molecule has 12 heavy (non-hydrogen) atoms. The molecular weight excluding hydrogens is 153 g/mol. The first kappa shape index (κ1) is 8.49. The monoisotopic (exact) mass is 171 g/mol. The van der Waals surface area contributed by atoms with Crippen molar-refractivity contribution >= 4 is 0 Å². The first-order chi connectivity index (χ1) is 5.88. The van der Waals surface area contributed by atoms with E-state index in [0.29, 0.717) is 5.92 Å². The summed E-state index contributed by atoms with van der Waals surface area (Å²) in [5.41, 5.74) is 0. The molecule has 1 aliphatic heterocycles. The van der Waals surface area contributed by atoms with Gasteiger partial charge in [-0.2, -0.15) is 0 Å². The van der Waals surface area contributed by atoms with Gasteiger partial charge in [0, 0.05) is 6.04 Å². The van der Waals surface area contributed by atoms with Crippen molar-refractivity contribution < 1.29 is 4.39 Å². The molecule has 0 bridgehead atoms. The van der Waals surface area contributed by atoms with Crippen molar-refractivity contribution in [3.05, 3.63) is 0 Å². The number of hydrogen-bond donors (Lipinski definition) is 1. The van der Waals surface area contributed by atoms with Crippen LogP contribution in [0.2, 0.25) is 0 Å². The van der Waals surface area contributed by atoms with Crippen LogP contribution in [0.3, 0.4) is 0 Å². The molecule has 1 heterocycles. The molecule has 0 aromatic rings. The third-order valence-corrected chi connectivity index (χ3v) is 3.33. The molecule has 2 fully saturated rings. The predicted octanol–water partition coefficient (Wildman–Crippen LogP) is 2.27. The lowest BCUT2D eigenvalue weighted by Crippen LogP contribution is -2.45. The van der Waals surface area contributed by atoms with E-state index in [0.717, 1.165) is 25.8 Å². The second-order valence-electron chi connectivity index (χ2n) is 4.19. The highest BCUT2D eigenvalue weighted by molar-refractivity contribution is 4.87. The van der Waals surface area contributed by atoms with E-state index in [4.69, 9.17) is 0 Å². The van der Waals surface area contributed by atoms with Gasteiger partial charge in [0.05, 0.1) is 0 Å². The minimum absolute atomic E-state index is 0.184. The lowest BCUT2D eigenvalue weighted by molar-refractivity contribution is 0.0982. The Morgan fingerprint density at radius 1 is 1.08 bits per heavy atom. The van der Waals surface area contributed by atoms with E-state index >= 15 is 0 Å². The van der Waals surface area contributed by atoms with E-state index in [-0.39, 0.29) is 6.04 Å². The Bertz CT molecular complexity index is 139. The van der Waals surface area contributed by atoms with E-state index < -0.39 is 6.17 Å². The van der Waals surface area contributed by atoms with Gasteiger partial charge in [0.1, 0.15) is 6.17 Å². The van der Waals surface area contributed by atoms with E-state index in [1.165, 1.54) is 19.3 Å². The van der Waals surface area contributed by atoms with E-state index in [9.17, 15) is 4.39 Å². The molecule has 0 amide bonds. The maximum Gasteiger partial charge on any atom is 0.118 e. The van der Waals surface area contributed by atoms with Gasteiger partial charge in [0.15, 0.2) is 0 Å². The van der Waals surface area contributed by atoms with Gasteiger partial charge in [-0.25, -0.2) is 4.39 Å². The second kappa shape index (κ2) is 3.73. The molecule has 0 aromatic heterocycles. The summed E-state index contributed by atoms with van der Waals surface area (Å²) in [6.45, 7) is 1.03. The normalized spacial score (nSPS) is 34.2. The molecule has 2 atom stereocenters. The molecule has 1 aliphatic carbocycles. The highest BCUT2D eigenvalue weighted by Gasteiger charge is 2.33. The van der Waals surface area contributed by atoms with E-state index in [1.807, 2.05) is 0 Å². The number of hydrogen-bond acceptors (Lipinski definition) is 1. The summed E-state index contributed by atoms with van der Waals surface area (Å²) < 4.78 is 13.7. The van der Waals surface area contributed by atoms with Gasteiger partial charge in [0.2, 0.25) is 0 Å². The zero-order chi connectivity index (χ0) is 8.39. The maximum atomic E-state index is 13.7. The number of piperidine rings is 1. The maximum absolute atomic E-state index is 13.7. The summed E-state index contributed by atoms with van der Waals surface area (Å²) >= 11 is 0. The quantitative estimate of drug-likeness (QED) is 0.672. The molecular formula is C10H18FN. The van der Waals surface area contributed by atoms with Crippen LogP contribution in [0, 0.1) is 5.92 Å². The topological polar surface area (TPSA) is 12.0 Å². The Balaban J connectivity index is 1.80. The Labute approximate surface area is 73.7 Å². The molecule has 1 N–H and O–H groups in total. The smallest absolute Gasteiger partial charge is 0.118 e. The first-order valence-corrected chi connectivity index (χ1v) is 5.25. The van der Waals surface area contributed by atoms with Crippen molar-refractivity contribution in [2.45, 2.75) is 50.7 Å². The number of nitrogens with one attached hydrogen (secondary N) is 1. The second-order valence-corrected chi connectivity index (χ2v) is 4.19. The van der Waals surface area contributed by atoms with Crippen molar-refractivity contribution in [3.63, 3.8) is 0 Å². The minimum Gasteiger partial charge on any atom is -0.311 e. The van der Waals surface area contributed by atoms with Crippen LogP contribution >= 0.6 is 0 Å². The van der Waals surface area contributed by atoms with Crippen molar-refractivity contribution in [2.24, 2.45) is 5.92 Å². The standard InChI is InChI=1S/C10H18FN/c11-10(8-4-3-5-8)9-6-1-2-7-12-9/h8-10,12H,1-7H2. The molecule has 0 radical (unpaired) electrons. The van der Waals surface area contributed by atoms with Crippen LogP contribution in [0.5, 0.6) is 0 Å². The van der Waals surface area contributed by atoms with Crippen LogP contribution < -0.4 is 5.32 Å². The number of halogens is 1. The van der Waals surface area contributed by atoms with Crippen molar-refractivity contribution in [3.8, 4) is 0 Å². The zero-order valence-electron chi connectivity index (χ0n) is 7.56. The predicted molar refractivity (Wildman–Crippen MR) is 47.9 cm³/mol. The fourth-order valence-electron chi connectivity index (χ4n) is 2.24. The largest absolute Gasteiger partial charge is 0.311 e. The van der Waals surface area contributed by atoms with Crippen LogP contribution in [0.25, 0.3) is 0 Å². The van der Waals surface area contributed by atoms with Crippen molar-refractivity contribution in [2.75, 3.05) is 6.54 Å². The number of rotatable bonds is 2. The zero-order valence-corrected chi connectivity index (χ0v) is 7.56. The number of alkyl halides is 1. The third kappa shape index (κ3) is 1.63. The van der Waals surface area contributed by atoms with Gasteiger partial charge in [-0.3, -0.25) is 0 Å². The molecule has 0 spiro atoms. The SMILES string of the molecule is FC(C1CCC1)C1CCCCN1. The van der Waals surface area contributed by atoms with E-state index in [1.54, 1.807) is 0 Å². The van der Waals surface area contributed by atoms with Gasteiger partial charge in [0.25, 0.3) is 0 Å². The lowest BCUT2D eigenvalue weighted by Gasteiger charge is -2.35. The summed E-state index contributed by atoms with van der Waals surface area (Å²) in [4.78, 5) is 0. The molecule has 2 heteroatoms. The molecule has 70 valence electrons. The van der Waals surface area contributed by atoms with Crippen LogP contribution in [0.4, 0.5) is 4.39 Å². The van der Waals surface area contributed by atoms with Gasteiger partial charge >= 0.3 is 0 Å². The Hall–Kier alpha value is -0.110. The molecule has 2 aliphatic rings. The van der Waals surface area contributed by atoms with Crippen molar-refractivity contribution in [1.29, 1.82) is 0 Å². The van der Waals surface area contributed by atoms with Gasteiger partial charge < -0.3 is 5.32 Å². The summed E-state index contributed by atoms with van der Waals surface area (Å²) in [6.07, 6.45) is 6.44. The summed E-state index contributed by atoms with van der Waals surface area (Å²) in [5, 5.41) is 3.29. The minimum atomic E-state index is -0.556. The van der Waals surface area contributed by atoms with Crippen LogP contribution in [-0.4, -0.2) is 18.8 Å². The molecule has 1 nitrogen and oxygen atoms in total.